The molecular weight excluding hydrogens is 516 g/mol. The smallest absolute Gasteiger partial charge is 0.230 e. The fourth-order valence-corrected chi connectivity index (χ4v) is 5.08. The monoisotopic (exact) mass is 540 g/mol. The second-order valence-corrected chi connectivity index (χ2v) is 10.2. The first-order chi connectivity index (χ1) is 18.8. The van der Waals surface area contributed by atoms with Crippen LogP contribution in [0.15, 0.2) is 61.1 Å². The molecule has 0 aliphatic carbocycles. The van der Waals surface area contributed by atoms with Crippen LogP contribution in [0.4, 0.5) is 11.5 Å². The normalized spacial score (nSPS) is 15.3. The van der Waals surface area contributed by atoms with Gasteiger partial charge in [0, 0.05) is 29.7 Å². The van der Waals surface area contributed by atoms with Crippen LogP contribution in [0, 0.1) is 26.7 Å². The number of fused-ring (bicyclic) bond motifs is 1. The number of nitrogens with zero attached hydrogens (tertiary/aromatic N) is 7. The summed E-state index contributed by atoms with van der Waals surface area (Å²) in [5.41, 5.74) is 5.19. The van der Waals surface area contributed by atoms with E-state index >= 15 is 0 Å². The molecule has 1 atom stereocenters. The number of hydrogen-bond acceptors (Lipinski definition) is 6. The second kappa shape index (κ2) is 9.63. The average molecular weight is 541 g/mol. The molecule has 1 aliphatic heterocycles. The molecule has 0 saturated carbocycles. The zero-order valence-corrected chi connectivity index (χ0v) is 22.3. The van der Waals surface area contributed by atoms with Gasteiger partial charge in [0.25, 0.3) is 0 Å². The van der Waals surface area contributed by atoms with E-state index in [1.165, 1.54) is 6.33 Å². The Morgan fingerprint density at radius 3 is 2.59 bits per heavy atom. The van der Waals surface area contributed by atoms with E-state index in [1.54, 1.807) is 50.8 Å². The summed E-state index contributed by atoms with van der Waals surface area (Å²) in [6.07, 6.45) is 3.27. The number of aryl methyl sites for hydroxylation is 3. The third-order valence-electron chi connectivity index (χ3n) is 6.84. The summed E-state index contributed by atoms with van der Waals surface area (Å²) in [5, 5.41) is 13.4. The molecule has 3 aromatic heterocycles. The van der Waals surface area contributed by atoms with Crippen LogP contribution in [-0.2, 0) is 9.59 Å². The first kappa shape index (κ1) is 24.7. The van der Waals surface area contributed by atoms with Crippen molar-refractivity contribution in [2.75, 3.05) is 16.8 Å². The van der Waals surface area contributed by atoms with Crippen LogP contribution < -0.4 is 10.2 Å². The van der Waals surface area contributed by atoms with E-state index in [-0.39, 0.29) is 24.8 Å². The van der Waals surface area contributed by atoms with Crippen LogP contribution in [0.5, 0.6) is 0 Å². The van der Waals surface area contributed by atoms with Crippen molar-refractivity contribution in [3.63, 3.8) is 0 Å². The van der Waals surface area contributed by atoms with E-state index in [4.69, 9.17) is 11.6 Å². The van der Waals surface area contributed by atoms with Gasteiger partial charge in [-0.2, -0.15) is 14.9 Å². The molecule has 1 saturated heterocycles. The van der Waals surface area contributed by atoms with Crippen LogP contribution in [0.3, 0.4) is 0 Å². The van der Waals surface area contributed by atoms with Crippen molar-refractivity contribution >= 4 is 46.0 Å². The lowest BCUT2D eigenvalue weighted by molar-refractivity contribution is -0.122. The number of nitrogens with one attached hydrogen (secondary N) is 1. The minimum Gasteiger partial charge on any atom is -0.312 e. The zero-order valence-electron chi connectivity index (χ0n) is 21.6. The highest BCUT2D eigenvalue weighted by atomic mass is 35.5. The summed E-state index contributed by atoms with van der Waals surface area (Å²) >= 11 is 5.98. The number of hydrogen-bond donors (Lipinski definition) is 1. The predicted octanol–water partition coefficient (Wildman–Crippen LogP) is 4.57. The number of halogens is 1. The Morgan fingerprint density at radius 2 is 1.82 bits per heavy atom. The highest BCUT2D eigenvalue weighted by Gasteiger charge is 2.35. The fraction of sp³-hybridized carbons (Fsp3) is 0.214. The molecular formula is C28H25ClN8O2. The van der Waals surface area contributed by atoms with Gasteiger partial charge < -0.3 is 10.2 Å². The SMILES string of the molecule is Cc1ccc(-n2ncc3c(-n4nc(C)cc4NC(=O)C4CC(=O)N(c5ccc(Cl)cc5)C4)ncnc32)c(C)c1. The largest absolute Gasteiger partial charge is 0.312 e. The lowest BCUT2D eigenvalue weighted by Crippen LogP contribution is -2.28. The quantitative estimate of drug-likeness (QED) is 0.349. The number of anilines is 2. The first-order valence-electron chi connectivity index (χ1n) is 12.5. The second-order valence-electron chi connectivity index (χ2n) is 9.73. The van der Waals surface area contributed by atoms with Gasteiger partial charge >= 0.3 is 0 Å². The number of benzene rings is 2. The van der Waals surface area contributed by atoms with Gasteiger partial charge in [0.1, 0.15) is 12.1 Å². The lowest BCUT2D eigenvalue weighted by Gasteiger charge is -2.17. The van der Waals surface area contributed by atoms with Crippen LogP contribution in [-0.4, -0.2) is 47.9 Å². The zero-order chi connectivity index (χ0) is 27.3. The predicted molar refractivity (Wildman–Crippen MR) is 149 cm³/mol. The van der Waals surface area contributed by atoms with Crippen LogP contribution in [0.25, 0.3) is 22.5 Å². The number of carbonyl (C=O) groups excluding carboxylic acids is 2. The summed E-state index contributed by atoms with van der Waals surface area (Å²) in [6.45, 7) is 6.19. The maximum atomic E-state index is 13.3. The molecule has 0 spiro atoms. The van der Waals surface area contributed by atoms with E-state index in [2.05, 4.69) is 31.5 Å². The maximum Gasteiger partial charge on any atom is 0.230 e. The molecule has 39 heavy (non-hydrogen) atoms. The van der Waals surface area contributed by atoms with Gasteiger partial charge in [-0.25, -0.2) is 14.6 Å². The van der Waals surface area contributed by atoms with Crippen molar-refractivity contribution in [2.45, 2.75) is 27.2 Å². The molecule has 6 rings (SSSR count). The Labute approximate surface area is 229 Å². The Balaban J connectivity index is 1.29. The Kier molecular flexibility index (Phi) is 6.11. The van der Waals surface area contributed by atoms with Crippen molar-refractivity contribution in [1.29, 1.82) is 0 Å². The van der Waals surface area contributed by atoms with E-state index in [1.807, 2.05) is 32.9 Å². The summed E-state index contributed by atoms with van der Waals surface area (Å²) in [6, 6.07) is 14.9. The minimum absolute atomic E-state index is 0.113. The van der Waals surface area contributed by atoms with Gasteiger partial charge in [0.05, 0.1) is 28.9 Å². The molecule has 196 valence electrons. The number of rotatable bonds is 5. The molecule has 1 unspecified atom stereocenters. The number of amides is 2. The van der Waals surface area contributed by atoms with E-state index in [0.29, 0.717) is 39.1 Å². The van der Waals surface area contributed by atoms with E-state index < -0.39 is 5.92 Å². The van der Waals surface area contributed by atoms with Crippen molar-refractivity contribution in [3.05, 3.63) is 82.9 Å². The van der Waals surface area contributed by atoms with Crippen LogP contribution >= 0.6 is 11.6 Å². The maximum absolute atomic E-state index is 13.3. The van der Waals surface area contributed by atoms with Crippen molar-refractivity contribution < 1.29 is 9.59 Å². The molecule has 11 heteroatoms. The van der Waals surface area contributed by atoms with Gasteiger partial charge in [-0.1, -0.05) is 29.3 Å². The molecule has 5 aromatic rings. The lowest BCUT2D eigenvalue weighted by atomic mass is 10.1. The van der Waals surface area contributed by atoms with Gasteiger partial charge in [0.2, 0.25) is 11.8 Å². The summed E-state index contributed by atoms with van der Waals surface area (Å²) in [7, 11) is 0. The molecule has 10 nitrogen and oxygen atoms in total. The van der Waals surface area contributed by atoms with Gasteiger partial charge in [-0.3, -0.25) is 9.59 Å². The summed E-state index contributed by atoms with van der Waals surface area (Å²) < 4.78 is 3.36. The van der Waals surface area contributed by atoms with E-state index in [0.717, 1.165) is 16.8 Å². The van der Waals surface area contributed by atoms with Crippen molar-refractivity contribution in [1.82, 2.24) is 29.5 Å². The average Bonchev–Trinajstić information content (AvgIpc) is 3.61. The van der Waals surface area contributed by atoms with Gasteiger partial charge in [-0.15, -0.1) is 0 Å². The first-order valence-corrected chi connectivity index (χ1v) is 12.9. The fourth-order valence-electron chi connectivity index (χ4n) is 4.95. The Bertz CT molecular complexity index is 1740. The molecule has 1 N–H and O–H groups in total. The Hall–Kier alpha value is -4.57. The van der Waals surface area contributed by atoms with Gasteiger partial charge in [0.15, 0.2) is 11.5 Å². The topological polar surface area (TPSA) is 111 Å². The number of carbonyl (C=O) groups is 2. The number of aromatic nitrogens is 6. The van der Waals surface area contributed by atoms with Crippen molar-refractivity contribution in [2.24, 2.45) is 5.92 Å². The summed E-state index contributed by atoms with van der Waals surface area (Å²) in [5.74, 6) is 0.0455. The van der Waals surface area contributed by atoms with Gasteiger partial charge in [-0.05, 0) is 56.7 Å². The van der Waals surface area contributed by atoms with Crippen molar-refractivity contribution in [3.8, 4) is 11.5 Å². The summed E-state index contributed by atoms with van der Waals surface area (Å²) in [4.78, 5) is 36.6. The molecule has 4 heterocycles. The third-order valence-corrected chi connectivity index (χ3v) is 7.09. The highest BCUT2D eigenvalue weighted by molar-refractivity contribution is 6.30. The molecule has 0 bridgehead atoms. The van der Waals surface area contributed by atoms with Crippen LogP contribution in [0.2, 0.25) is 5.02 Å². The minimum atomic E-state index is -0.519. The standard InChI is InChI=1S/C28H25ClN8O2/c1-16-4-9-23(17(2)10-16)36-26-22(13-32-36)27(31-15-30-26)37-24(11-18(3)34-37)33-28(39)19-12-25(38)35(14-19)21-7-5-20(29)6-8-21/h4-11,13,15,19H,12,14H2,1-3H3,(H,33,39). The molecule has 1 fully saturated rings. The third kappa shape index (κ3) is 4.52. The molecule has 0 radical (unpaired) electrons. The van der Waals surface area contributed by atoms with E-state index in [9.17, 15) is 9.59 Å². The van der Waals surface area contributed by atoms with Crippen LogP contribution in [0.1, 0.15) is 23.2 Å². The highest BCUT2D eigenvalue weighted by Crippen LogP contribution is 2.29. The molecule has 1 aliphatic rings. The molecule has 2 aromatic carbocycles. The Morgan fingerprint density at radius 1 is 1.03 bits per heavy atom. The molecule has 2 amide bonds.